The second kappa shape index (κ2) is 10.7. The van der Waals surface area contributed by atoms with Crippen LogP contribution < -0.4 is 14.5 Å². The molecular formula is C22H21ClN4O4S. The Morgan fingerprint density at radius 1 is 1.12 bits per heavy atom. The Morgan fingerprint density at radius 3 is 2.53 bits per heavy atom. The zero-order valence-electron chi connectivity index (χ0n) is 17.2. The van der Waals surface area contributed by atoms with Gasteiger partial charge in [-0.15, -0.1) is 0 Å². The highest BCUT2D eigenvalue weighted by Gasteiger charge is 2.29. The van der Waals surface area contributed by atoms with E-state index in [1.165, 1.54) is 30.5 Å². The molecule has 0 aliphatic rings. The maximum absolute atomic E-state index is 13.4. The third-order valence-corrected chi connectivity index (χ3v) is 6.22. The molecule has 2 aromatic carbocycles. The predicted octanol–water partition coefficient (Wildman–Crippen LogP) is 3.48. The quantitative estimate of drug-likeness (QED) is 0.379. The number of rotatable bonds is 9. The lowest BCUT2D eigenvalue weighted by Crippen LogP contribution is -2.39. The van der Waals surface area contributed by atoms with Gasteiger partial charge in [-0.2, -0.15) is 5.10 Å². The van der Waals surface area contributed by atoms with Gasteiger partial charge in [-0.1, -0.05) is 29.8 Å². The van der Waals surface area contributed by atoms with Crippen LogP contribution in [0, 0.1) is 0 Å². The molecule has 3 rings (SSSR count). The van der Waals surface area contributed by atoms with E-state index < -0.39 is 22.5 Å². The predicted molar refractivity (Wildman–Crippen MR) is 124 cm³/mol. The van der Waals surface area contributed by atoms with Crippen molar-refractivity contribution in [2.24, 2.45) is 5.10 Å². The van der Waals surface area contributed by atoms with Gasteiger partial charge in [0.15, 0.2) is 0 Å². The van der Waals surface area contributed by atoms with Crippen molar-refractivity contribution in [2.75, 3.05) is 17.5 Å². The lowest BCUT2D eigenvalue weighted by molar-refractivity contribution is -0.119. The zero-order valence-corrected chi connectivity index (χ0v) is 18.8. The molecule has 3 aromatic rings. The molecule has 8 nitrogen and oxygen atoms in total. The molecule has 0 atom stereocenters. The summed E-state index contributed by atoms with van der Waals surface area (Å²) in [5.41, 5.74) is 3.11. The number of nitrogens with one attached hydrogen (secondary N) is 1. The van der Waals surface area contributed by atoms with E-state index in [4.69, 9.17) is 16.3 Å². The summed E-state index contributed by atoms with van der Waals surface area (Å²) in [6, 6.07) is 17.5. The molecule has 0 aliphatic carbocycles. The number of aromatic nitrogens is 1. The number of pyridine rings is 1. The van der Waals surface area contributed by atoms with Gasteiger partial charge >= 0.3 is 0 Å². The van der Waals surface area contributed by atoms with Gasteiger partial charge in [0.25, 0.3) is 15.9 Å². The topological polar surface area (TPSA) is 101 Å². The number of halogens is 1. The summed E-state index contributed by atoms with van der Waals surface area (Å²) < 4.78 is 33.4. The maximum atomic E-state index is 13.4. The normalized spacial score (nSPS) is 11.3. The van der Waals surface area contributed by atoms with Crippen molar-refractivity contribution < 1.29 is 17.9 Å². The Morgan fingerprint density at radius 2 is 1.84 bits per heavy atom. The fourth-order valence-electron chi connectivity index (χ4n) is 2.76. The molecule has 0 aliphatic heterocycles. The van der Waals surface area contributed by atoms with Crippen molar-refractivity contribution in [3.05, 3.63) is 83.6 Å². The Balaban J connectivity index is 1.91. The van der Waals surface area contributed by atoms with Crippen LogP contribution in [0.3, 0.4) is 0 Å². The third-order valence-electron chi connectivity index (χ3n) is 4.20. The number of hydrogen-bond acceptors (Lipinski definition) is 6. The number of carbonyl (C=O) groups excluding carboxylic acids is 1. The van der Waals surface area contributed by atoms with Crippen LogP contribution in [0.2, 0.25) is 5.02 Å². The van der Waals surface area contributed by atoms with E-state index in [9.17, 15) is 13.2 Å². The molecule has 1 heterocycles. The Bertz CT molecular complexity index is 1190. The van der Waals surface area contributed by atoms with E-state index in [0.717, 1.165) is 4.31 Å². The minimum absolute atomic E-state index is 0.0158. The van der Waals surface area contributed by atoms with Crippen LogP contribution in [-0.2, 0) is 14.8 Å². The van der Waals surface area contributed by atoms with Gasteiger partial charge in [0.05, 0.1) is 29.1 Å². The molecule has 0 unspecified atom stereocenters. The molecule has 0 saturated carbocycles. The van der Waals surface area contributed by atoms with Crippen LogP contribution in [0.5, 0.6) is 5.75 Å². The molecule has 32 heavy (non-hydrogen) atoms. The summed E-state index contributed by atoms with van der Waals surface area (Å²) in [7, 11) is -4.11. The van der Waals surface area contributed by atoms with Gasteiger partial charge in [0.1, 0.15) is 12.3 Å². The number of anilines is 1. The van der Waals surface area contributed by atoms with Gasteiger partial charge in [0, 0.05) is 11.2 Å². The molecule has 0 radical (unpaired) electrons. The number of para-hydroxylation sites is 2. The van der Waals surface area contributed by atoms with Crippen LogP contribution >= 0.6 is 11.6 Å². The first-order valence-corrected chi connectivity index (χ1v) is 11.5. The van der Waals surface area contributed by atoms with Crippen molar-refractivity contribution in [3.8, 4) is 5.75 Å². The Hall–Kier alpha value is -3.43. The lowest BCUT2D eigenvalue weighted by atomic mass is 10.3. The summed E-state index contributed by atoms with van der Waals surface area (Å²) in [6.45, 7) is 1.59. The zero-order chi connectivity index (χ0) is 23.0. The van der Waals surface area contributed by atoms with Gasteiger partial charge < -0.3 is 4.74 Å². The summed E-state index contributed by atoms with van der Waals surface area (Å²) >= 11 is 5.90. The average molecular weight is 473 g/mol. The molecular weight excluding hydrogens is 452 g/mol. The monoisotopic (exact) mass is 472 g/mol. The smallest absolute Gasteiger partial charge is 0.264 e. The lowest BCUT2D eigenvalue weighted by Gasteiger charge is -2.25. The molecule has 0 bridgehead atoms. The minimum atomic E-state index is -4.11. The number of nitrogens with zero attached hydrogens (tertiary/aromatic N) is 3. The molecule has 166 valence electrons. The number of benzene rings is 2. The first-order chi connectivity index (χ1) is 15.4. The maximum Gasteiger partial charge on any atom is 0.264 e. The fraction of sp³-hybridized carbons (Fsp3) is 0.136. The van der Waals surface area contributed by atoms with Crippen LogP contribution in [0.25, 0.3) is 0 Å². The second-order valence-corrected chi connectivity index (χ2v) is 8.71. The number of sulfonamides is 1. The molecule has 0 saturated heterocycles. The second-order valence-electron chi connectivity index (χ2n) is 6.41. The number of carbonyl (C=O) groups is 1. The number of amides is 1. The van der Waals surface area contributed by atoms with Crippen molar-refractivity contribution in [3.63, 3.8) is 0 Å². The summed E-state index contributed by atoms with van der Waals surface area (Å²) in [5, 5.41) is 4.25. The van der Waals surface area contributed by atoms with E-state index in [0.29, 0.717) is 23.1 Å². The summed E-state index contributed by atoms with van der Waals surface area (Å²) in [4.78, 5) is 16.7. The van der Waals surface area contributed by atoms with E-state index >= 15 is 0 Å². The Labute approximate surface area is 191 Å². The van der Waals surface area contributed by atoms with Crippen LogP contribution in [0.15, 0.2) is 82.9 Å². The number of ether oxygens (including phenoxy) is 1. The van der Waals surface area contributed by atoms with Crippen molar-refractivity contribution in [2.45, 2.75) is 11.8 Å². The molecule has 0 spiro atoms. The molecule has 1 amide bonds. The largest absolute Gasteiger partial charge is 0.492 e. The number of hydrazone groups is 1. The van der Waals surface area contributed by atoms with Crippen molar-refractivity contribution in [1.29, 1.82) is 0 Å². The SMILES string of the molecule is CCOc1ccccc1N(CC(=O)N/N=C\c1ccccn1)S(=O)(=O)c1ccc(Cl)cc1. The third kappa shape index (κ3) is 5.83. The fourth-order valence-corrected chi connectivity index (χ4v) is 4.32. The molecule has 1 N–H and O–H groups in total. The van der Waals surface area contributed by atoms with Crippen LogP contribution in [0.4, 0.5) is 5.69 Å². The standard InChI is InChI=1S/C22H21ClN4O4S/c1-2-31-21-9-4-3-8-20(21)27(32(29,30)19-12-10-17(23)11-13-19)16-22(28)26-25-15-18-7-5-6-14-24-18/h3-15H,2,16H2,1H3,(H,26,28)/b25-15-. The highest BCUT2D eigenvalue weighted by molar-refractivity contribution is 7.92. The summed E-state index contributed by atoms with van der Waals surface area (Å²) in [5.74, 6) is -0.307. The van der Waals surface area contributed by atoms with Gasteiger partial charge in [-0.05, 0) is 55.5 Å². The molecule has 0 fully saturated rings. The van der Waals surface area contributed by atoms with Crippen molar-refractivity contribution >= 4 is 39.4 Å². The first kappa shape index (κ1) is 23.2. The molecule has 1 aromatic heterocycles. The highest BCUT2D eigenvalue weighted by Crippen LogP contribution is 2.32. The number of hydrogen-bond donors (Lipinski definition) is 1. The van der Waals surface area contributed by atoms with Gasteiger partial charge in [-0.25, -0.2) is 13.8 Å². The summed E-state index contributed by atoms with van der Waals surface area (Å²) in [6.07, 6.45) is 2.96. The van der Waals surface area contributed by atoms with E-state index in [-0.39, 0.29) is 10.6 Å². The van der Waals surface area contributed by atoms with Crippen LogP contribution in [-0.4, -0.2) is 38.7 Å². The van der Waals surface area contributed by atoms with E-state index in [2.05, 4.69) is 15.5 Å². The van der Waals surface area contributed by atoms with E-state index in [1.807, 2.05) is 0 Å². The average Bonchev–Trinajstić information content (AvgIpc) is 2.79. The Kier molecular flexibility index (Phi) is 7.80. The minimum Gasteiger partial charge on any atom is -0.492 e. The van der Waals surface area contributed by atoms with E-state index in [1.54, 1.807) is 55.6 Å². The van der Waals surface area contributed by atoms with Gasteiger partial charge in [-0.3, -0.25) is 14.1 Å². The first-order valence-electron chi connectivity index (χ1n) is 9.65. The van der Waals surface area contributed by atoms with Crippen LogP contribution in [0.1, 0.15) is 12.6 Å². The van der Waals surface area contributed by atoms with Gasteiger partial charge in [0.2, 0.25) is 0 Å². The molecule has 10 heteroatoms. The van der Waals surface area contributed by atoms with Crippen molar-refractivity contribution in [1.82, 2.24) is 10.4 Å². The highest BCUT2D eigenvalue weighted by atomic mass is 35.5.